The fourth-order valence-electron chi connectivity index (χ4n) is 6.17. The summed E-state index contributed by atoms with van der Waals surface area (Å²) in [6.45, 7) is 4.34. The Hall–Kier alpha value is -1.84. The number of halogens is 3. The van der Waals surface area contributed by atoms with Crippen LogP contribution in [0.3, 0.4) is 0 Å². The minimum atomic E-state index is -4.63. The van der Waals surface area contributed by atoms with Crippen molar-refractivity contribution in [2.75, 3.05) is 52.6 Å². The summed E-state index contributed by atoms with van der Waals surface area (Å²) in [4.78, 5) is 17.1. The Kier molecular flexibility index (Phi) is 6.79. The van der Waals surface area contributed by atoms with E-state index in [0.29, 0.717) is 36.3 Å². The third kappa shape index (κ3) is 5.21. The van der Waals surface area contributed by atoms with Gasteiger partial charge in [0.25, 0.3) is 0 Å². The molecular formula is C25H33F3N2O4. The van der Waals surface area contributed by atoms with Gasteiger partial charge in [0.05, 0.1) is 25.7 Å². The van der Waals surface area contributed by atoms with Crippen molar-refractivity contribution < 1.29 is 32.2 Å². The summed E-state index contributed by atoms with van der Waals surface area (Å²) in [5.41, 5.74) is 1.38. The molecule has 1 saturated carbocycles. The van der Waals surface area contributed by atoms with Gasteiger partial charge in [-0.2, -0.15) is 0 Å². The van der Waals surface area contributed by atoms with Crippen LogP contribution >= 0.6 is 0 Å². The Morgan fingerprint density at radius 3 is 2.50 bits per heavy atom. The lowest BCUT2D eigenvalue weighted by Gasteiger charge is -2.50. The monoisotopic (exact) mass is 482 g/mol. The maximum Gasteiger partial charge on any atom is 0.522 e. The molecule has 9 heteroatoms. The molecular weight excluding hydrogens is 449 g/mol. The number of carbonyl (C=O) groups excluding carboxylic acids is 1. The van der Waals surface area contributed by atoms with Crippen LogP contribution in [0.25, 0.3) is 0 Å². The summed E-state index contributed by atoms with van der Waals surface area (Å²) in [5.74, 6) is 1.35. The zero-order valence-corrected chi connectivity index (χ0v) is 19.4. The SMILES string of the molecule is O=C(C1COC1)N1CC2(CC[C@@H](N3CCC(c4ccccc4OCCOC(F)(F)F)CC3)C2)C1. The molecule has 1 amide bonds. The van der Waals surface area contributed by atoms with Crippen molar-refractivity contribution in [3.63, 3.8) is 0 Å². The van der Waals surface area contributed by atoms with Crippen LogP contribution in [-0.4, -0.2) is 80.7 Å². The van der Waals surface area contributed by atoms with Gasteiger partial charge in [0, 0.05) is 24.5 Å². The zero-order chi connectivity index (χ0) is 23.8. The minimum absolute atomic E-state index is 0.0811. The number of amides is 1. The first-order valence-corrected chi connectivity index (χ1v) is 12.3. The topological polar surface area (TPSA) is 51.2 Å². The molecule has 34 heavy (non-hydrogen) atoms. The van der Waals surface area contributed by atoms with Crippen molar-refractivity contribution in [2.45, 2.75) is 50.4 Å². The van der Waals surface area contributed by atoms with E-state index < -0.39 is 13.0 Å². The van der Waals surface area contributed by atoms with E-state index in [4.69, 9.17) is 9.47 Å². The third-order valence-corrected chi connectivity index (χ3v) is 8.04. The van der Waals surface area contributed by atoms with Crippen LogP contribution in [0.1, 0.15) is 43.6 Å². The first kappa shape index (κ1) is 23.9. The molecule has 188 valence electrons. The predicted octanol–water partition coefficient (Wildman–Crippen LogP) is 3.81. The number of piperidine rings is 1. The fraction of sp³-hybridized carbons (Fsp3) is 0.720. The Labute approximate surface area is 198 Å². The standard InChI is InChI=1S/C25H33F3N2O4/c26-25(27,28)34-12-11-33-22-4-2-1-3-21(22)18-6-9-29(10-7-18)20-5-8-24(13-20)16-30(17-24)23(31)19-14-32-15-19/h1-4,18-20H,5-17H2/t20-/m1/s1. The number of hydrogen-bond acceptors (Lipinski definition) is 5. The Morgan fingerprint density at radius 1 is 1.09 bits per heavy atom. The quantitative estimate of drug-likeness (QED) is 0.554. The van der Waals surface area contributed by atoms with E-state index in [1.54, 1.807) is 0 Å². The molecule has 0 bridgehead atoms. The molecule has 1 aromatic carbocycles. The number of likely N-dealkylation sites (tertiary alicyclic amines) is 2. The highest BCUT2D eigenvalue weighted by atomic mass is 19.4. The first-order valence-electron chi connectivity index (χ1n) is 12.3. The summed E-state index contributed by atoms with van der Waals surface area (Å²) >= 11 is 0. The molecule has 0 unspecified atom stereocenters. The van der Waals surface area contributed by atoms with Crippen molar-refractivity contribution in [3.05, 3.63) is 29.8 Å². The first-order chi connectivity index (χ1) is 16.3. The van der Waals surface area contributed by atoms with Crippen molar-refractivity contribution in [1.29, 1.82) is 0 Å². The fourth-order valence-corrected chi connectivity index (χ4v) is 6.17. The molecule has 1 atom stereocenters. The van der Waals surface area contributed by atoms with Gasteiger partial charge in [0.1, 0.15) is 12.4 Å². The highest BCUT2D eigenvalue weighted by molar-refractivity contribution is 5.80. The summed E-state index contributed by atoms with van der Waals surface area (Å²) in [6, 6.07) is 8.24. The number of benzene rings is 1. The third-order valence-electron chi connectivity index (χ3n) is 8.04. The van der Waals surface area contributed by atoms with Gasteiger partial charge in [0.15, 0.2) is 0 Å². The van der Waals surface area contributed by atoms with Crippen LogP contribution in [0.2, 0.25) is 0 Å². The average Bonchev–Trinajstić information content (AvgIpc) is 3.20. The molecule has 1 aliphatic carbocycles. The smallest absolute Gasteiger partial charge is 0.491 e. The Balaban J connectivity index is 1.08. The molecule has 3 heterocycles. The number of nitrogens with zero attached hydrogens (tertiary/aromatic N) is 2. The van der Waals surface area contributed by atoms with Gasteiger partial charge in [-0.05, 0) is 62.7 Å². The van der Waals surface area contributed by atoms with Crippen LogP contribution in [-0.2, 0) is 14.3 Å². The van der Waals surface area contributed by atoms with Crippen LogP contribution in [0.15, 0.2) is 24.3 Å². The highest BCUT2D eigenvalue weighted by Gasteiger charge is 2.52. The van der Waals surface area contributed by atoms with E-state index in [1.165, 1.54) is 19.3 Å². The molecule has 0 radical (unpaired) electrons. The normalized spacial score (nSPS) is 25.9. The van der Waals surface area contributed by atoms with Crippen molar-refractivity contribution in [2.24, 2.45) is 11.3 Å². The van der Waals surface area contributed by atoms with Gasteiger partial charge >= 0.3 is 6.36 Å². The molecule has 1 spiro atoms. The molecule has 0 aromatic heterocycles. The lowest BCUT2D eigenvalue weighted by Crippen LogP contribution is -2.61. The second kappa shape index (κ2) is 9.66. The molecule has 4 fully saturated rings. The van der Waals surface area contributed by atoms with E-state index in [2.05, 4.69) is 9.64 Å². The van der Waals surface area contributed by atoms with Gasteiger partial charge in [-0.3, -0.25) is 9.53 Å². The second-order valence-electron chi connectivity index (χ2n) is 10.3. The average molecular weight is 483 g/mol. The van der Waals surface area contributed by atoms with Gasteiger partial charge in [-0.15, -0.1) is 13.2 Å². The lowest BCUT2D eigenvalue weighted by atomic mass is 9.77. The van der Waals surface area contributed by atoms with Crippen LogP contribution < -0.4 is 4.74 Å². The zero-order valence-electron chi connectivity index (χ0n) is 19.4. The van der Waals surface area contributed by atoms with E-state index in [-0.39, 0.29) is 18.4 Å². The largest absolute Gasteiger partial charge is 0.522 e. The van der Waals surface area contributed by atoms with E-state index >= 15 is 0 Å². The number of rotatable bonds is 7. The number of carbonyl (C=O) groups is 1. The van der Waals surface area contributed by atoms with E-state index in [0.717, 1.165) is 44.6 Å². The van der Waals surface area contributed by atoms with Crippen molar-refractivity contribution in [3.8, 4) is 5.75 Å². The number of alkyl halides is 3. The lowest BCUT2D eigenvalue weighted by molar-refractivity contribution is -0.325. The molecule has 1 aromatic rings. The van der Waals surface area contributed by atoms with Crippen LogP contribution in [0, 0.1) is 11.3 Å². The summed E-state index contributed by atoms with van der Waals surface area (Å²) in [6.07, 6.45) is 0.941. The maximum atomic E-state index is 12.4. The predicted molar refractivity (Wildman–Crippen MR) is 118 cm³/mol. The molecule has 5 rings (SSSR count). The minimum Gasteiger partial charge on any atom is -0.491 e. The molecule has 4 aliphatic rings. The number of ether oxygens (including phenoxy) is 3. The highest BCUT2D eigenvalue weighted by Crippen LogP contribution is 2.48. The summed E-state index contributed by atoms with van der Waals surface area (Å²) in [5, 5.41) is 0. The Bertz CT molecular complexity index is 862. The summed E-state index contributed by atoms with van der Waals surface area (Å²) < 4.78 is 51.2. The van der Waals surface area contributed by atoms with Crippen molar-refractivity contribution in [1.82, 2.24) is 9.80 Å². The van der Waals surface area contributed by atoms with Gasteiger partial charge in [0.2, 0.25) is 5.91 Å². The molecule has 0 N–H and O–H groups in total. The second-order valence-corrected chi connectivity index (χ2v) is 10.3. The molecule has 3 aliphatic heterocycles. The van der Waals surface area contributed by atoms with Crippen LogP contribution in [0.5, 0.6) is 5.75 Å². The van der Waals surface area contributed by atoms with Crippen LogP contribution in [0.4, 0.5) is 13.2 Å². The Morgan fingerprint density at radius 2 is 1.82 bits per heavy atom. The molecule has 6 nitrogen and oxygen atoms in total. The molecule has 3 saturated heterocycles. The summed E-state index contributed by atoms with van der Waals surface area (Å²) in [7, 11) is 0. The van der Waals surface area contributed by atoms with Crippen molar-refractivity contribution >= 4 is 5.91 Å². The van der Waals surface area contributed by atoms with Gasteiger partial charge < -0.3 is 19.3 Å². The van der Waals surface area contributed by atoms with Gasteiger partial charge in [-0.1, -0.05) is 18.2 Å². The number of para-hydroxylation sites is 1. The van der Waals surface area contributed by atoms with E-state index in [9.17, 15) is 18.0 Å². The number of hydrogen-bond donors (Lipinski definition) is 0. The maximum absolute atomic E-state index is 12.4. The van der Waals surface area contributed by atoms with E-state index in [1.807, 2.05) is 29.2 Å². The van der Waals surface area contributed by atoms with Gasteiger partial charge in [-0.25, -0.2) is 0 Å².